The van der Waals surface area contributed by atoms with Gasteiger partial charge < -0.3 is 10.1 Å². The Labute approximate surface area is 153 Å². The number of nitrogens with one attached hydrogen (secondary N) is 1. The fourth-order valence-corrected chi connectivity index (χ4v) is 4.15. The predicted octanol–water partition coefficient (Wildman–Crippen LogP) is 1.92. The van der Waals surface area contributed by atoms with Crippen molar-refractivity contribution in [1.82, 2.24) is 19.7 Å². The number of nitrogens with zero attached hydrogens (tertiary/aromatic N) is 5. The van der Waals surface area contributed by atoms with E-state index in [1.54, 1.807) is 6.07 Å². The van der Waals surface area contributed by atoms with Gasteiger partial charge in [-0.15, -0.1) is 0 Å². The molecule has 0 aliphatic carbocycles. The van der Waals surface area contributed by atoms with E-state index in [2.05, 4.69) is 32.6 Å². The van der Waals surface area contributed by atoms with Crippen molar-refractivity contribution < 1.29 is 4.74 Å². The molecule has 2 aliphatic rings. The average molecular weight is 352 g/mol. The smallest absolute Gasteiger partial charge is 0.142 e. The Balaban J connectivity index is 1.37. The number of aryl methyl sites for hydroxylation is 1. The van der Waals surface area contributed by atoms with Crippen molar-refractivity contribution in [3.63, 3.8) is 0 Å². The van der Waals surface area contributed by atoms with Crippen LogP contribution in [0.25, 0.3) is 0 Å². The number of pyridine rings is 1. The lowest BCUT2D eigenvalue weighted by molar-refractivity contribution is -0.0533. The summed E-state index contributed by atoms with van der Waals surface area (Å²) in [6.07, 6.45) is 7.23. The van der Waals surface area contributed by atoms with Crippen LogP contribution in [0.5, 0.6) is 0 Å². The van der Waals surface area contributed by atoms with E-state index < -0.39 is 0 Å². The molecular formula is C19H24N6O. The van der Waals surface area contributed by atoms with Gasteiger partial charge in [-0.1, -0.05) is 6.07 Å². The van der Waals surface area contributed by atoms with E-state index in [9.17, 15) is 0 Å². The Morgan fingerprint density at radius 2 is 2.38 bits per heavy atom. The first-order valence-corrected chi connectivity index (χ1v) is 9.12. The lowest BCUT2D eigenvalue weighted by Gasteiger charge is -2.39. The monoisotopic (exact) mass is 352 g/mol. The molecule has 0 bridgehead atoms. The summed E-state index contributed by atoms with van der Waals surface area (Å²) in [4.78, 5) is 6.78. The van der Waals surface area contributed by atoms with Crippen molar-refractivity contribution >= 4 is 5.82 Å². The molecule has 0 radical (unpaired) electrons. The maximum atomic E-state index is 9.00. The molecule has 0 unspecified atom stereocenters. The summed E-state index contributed by atoms with van der Waals surface area (Å²) < 4.78 is 8.13. The van der Waals surface area contributed by atoms with Gasteiger partial charge in [0.05, 0.1) is 24.4 Å². The summed E-state index contributed by atoms with van der Waals surface area (Å²) >= 11 is 0. The molecular weight excluding hydrogens is 328 g/mol. The van der Waals surface area contributed by atoms with Crippen LogP contribution in [0, 0.1) is 11.3 Å². The van der Waals surface area contributed by atoms with E-state index in [1.807, 2.05) is 30.1 Å². The summed E-state index contributed by atoms with van der Waals surface area (Å²) in [6, 6.07) is 7.79. The fraction of sp³-hybridized carbons (Fsp3) is 0.526. The van der Waals surface area contributed by atoms with Crippen LogP contribution >= 0.6 is 0 Å². The Bertz CT molecular complexity index is 812. The number of rotatable bonds is 4. The van der Waals surface area contributed by atoms with Crippen LogP contribution in [0.15, 0.2) is 30.6 Å². The van der Waals surface area contributed by atoms with E-state index in [4.69, 9.17) is 10.00 Å². The van der Waals surface area contributed by atoms with Gasteiger partial charge in [-0.25, -0.2) is 4.98 Å². The quantitative estimate of drug-likeness (QED) is 0.906. The summed E-state index contributed by atoms with van der Waals surface area (Å²) in [7, 11) is 1.95. The van der Waals surface area contributed by atoms with Crippen molar-refractivity contribution in [3.8, 4) is 6.07 Å². The van der Waals surface area contributed by atoms with Gasteiger partial charge in [-0.05, 0) is 31.5 Å². The van der Waals surface area contributed by atoms with Crippen molar-refractivity contribution in [2.24, 2.45) is 7.05 Å². The van der Waals surface area contributed by atoms with Gasteiger partial charge in [-0.3, -0.25) is 9.58 Å². The second-order valence-corrected chi connectivity index (χ2v) is 7.40. The number of ether oxygens (including phenoxy) is 1. The van der Waals surface area contributed by atoms with Crippen LogP contribution in [0.3, 0.4) is 0 Å². The number of hydrogen-bond acceptors (Lipinski definition) is 6. The fourth-order valence-electron chi connectivity index (χ4n) is 4.15. The Morgan fingerprint density at radius 3 is 3.19 bits per heavy atom. The van der Waals surface area contributed by atoms with E-state index in [0.717, 1.165) is 44.7 Å². The number of hydrogen-bond donors (Lipinski definition) is 1. The van der Waals surface area contributed by atoms with Gasteiger partial charge in [0.15, 0.2) is 0 Å². The molecule has 0 amide bonds. The van der Waals surface area contributed by atoms with Crippen LogP contribution in [-0.4, -0.2) is 51.0 Å². The number of aromatic nitrogens is 3. The summed E-state index contributed by atoms with van der Waals surface area (Å²) in [5, 5.41) is 16.7. The van der Waals surface area contributed by atoms with Gasteiger partial charge in [0.25, 0.3) is 0 Å². The standard InChI is InChI=1S/C19H24N6O/c1-24-11-15(10-21-24)12-25-7-3-6-19(14-25)8-17(13-26-19)23-18-5-2-4-16(9-20)22-18/h2,4-5,10-11,17H,3,6-8,12-14H2,1H3,(H,22,23)/t17-,19-/m1/s1. The van der Waals surface area contributed by atoms with Gasteiger partial charge >= 0.3 is 0 Å². The van der Waals surface area contributed by atoms with Crippen molar-refractivity contribution in [1.29, 1.82) is 5.26 Å². The zero-order chi connectivity index (χ0) is 18.0. The minimum atomic E-state index is -0.0784. The largest absolute Gasteiger partial charge is 0.371 e. The summed E-state index contributed by atoms with van der Waals surface area (Å²) in [6.45, 7) is 3.65. The normalized spacial score (nSPS) is 26.1. The van der Waals surface area contributed by atoms with Crippen LogP contribution in [-0.2, 0) is 18.3 Å². The highest BCUT2D eigenvalue weighted by atomic mass is 16.5. The van der Waals surface area contributed by atoms with E-state index >= 15 is 0 Å². The molecule has 1 N–H and O–H groups in total. The average Bonchev–Trinajstić information content (AvgIpc) is 3.21. The van der Waals surface area contributed by atoms with Crippen molar-refractivity contribution in [2.45, 2.75) is 37.5 Å². The maximum Gasteiger partial charge on any atom is 0.142 e. The van der Waals surface area contributed by atoms with Crippen LogP contribution in [0.1, 0.15) is 30.5 Å². The molecule has 2 aliphatic heterocycles. The molecule has 2 saturated heterocycles. The Kier molecular flexibility index (Phi) is 4.62. The van der Waals surface area contributed by atoms with Gasteiger partial charge in [0.1, 0.15) is 17.6 Å². The first kappa shape index (κ1) is 17.0. The molecule has 7 heteroatoms. The summed E-state index contributed by atoms with van der Waals surface area (Å²) in [5.74, 6) is 0.748. The number of nitriles is 1. The SMILES string of the molecule is Cn1cc(CN2CCC[C@@]3(C[C@@H](Nc4cccc(C#N)n4)CO3)C2)cn1. The minimum absolute atomic E-state index is 0.0784. The Hall–Kier alpha value is -2.43. The highest BCUT2D eigenvalue weighted by Crippen LogP contribution is 2.36. The molecule has 2 aromatic rings. The lowest BCUT2D eigenvalue weighted by atomic mass is 9.88. The number of anilines is 1. The molecule has 136 valence electrons. The minimum Gasteiger partial charge on any atom is -0.371 e. The third kappa shape index (κ3) is 3.71. The van der Waals surface area contributed by atoms with E-state index in [0.29, 0.717) is 12.3 Å². The second kappa shape index (κ2) is 7.06. The molecule has 7 nitrogen and oxygen atoms in total. The van der Waals surface area contributed by atoms with Crippen LogP contribution in [0.2, 0.25) is 0 Å². The first-order valence-electron chi connectivity index (χ1n) is 9.12. The molecule has 2 atom stereocenters. The molecule has 4 rings (SSSR count). The topological polar surface area (TPSA) is 79.0 Å². The van der Waals surface area contributed by atoms with Gasteiger partial charge in [0.2, 0.25) is 0 Å². The predicted molar refractivity (Wildman–Crippen MR) is 97.4 cm³/mol. The third-order valence-corrected chi connectivity index (χ3v) is 5.21. The second-order valence-electron chi connectivity index (χ2n) is 7.40. The Morgan fingerprint density at radius 1 is 1.46 bits per heavy atom. The van der Waals surface area contributed by atoms with Gasteiger partial charge in [-0.2, -0.15) is 10.4 Å². The van der Waals surface area contributed by atoms with E-state index in [-0.39, 0.29) is 11.6 Å². The zero-order valence-corrected chi connectivity index (χ0v) is 15.1. The molecule has 4 heterocycles. The zero-order valence-electron chi connectivity index (χ0n) is 15.1. The molecule has 1 spiro atoms. The highest BCUT2D eigenvalue weighted by Gasteiger charge is 2.43. The van der Waals surface area contributed by atoms with E-state index in [1.165, 1.54) is 5.56 Å². The maximum absolute atomic E-state index is 9.00. The number of likely N-dealkylation sites (tertiary alicyclic amines) is 1. The van der Waals surface area contributed by atoms with Crippen LogP contribution in [0.4, 0.5) is 5.82 Å². The van der Waals surface area contributed by atoms with Crippen molar-refractivity contribution in [2.75, 3.05) is 25.0 Å². The number of piperidine rings is 1. The van der Waals surface area contributed by atoms with Crippen molar-refractivity contribution in [3.05, 3.63) is 41.9 Å². The first-order chi connectivity index (χ1) is 12.6. The molecule has 0 aromatic carbocycles. The molecule has 2 fully saturated rings. The molecule has 26 heavy (non-hydrogen) atoms. The highest BCUT2D eigenvalue weighted by molar-refractivity contribution is 5.39. The lowest BCUT2D eigenvalue weighted by Crippen LogP contribution is -2.47. The molecule has 2 aromatic heterocycles. The van der Waals surface area contributed by atoms with Gasteiger partial charge in [0, 0.05) is 38.3 Å². The third-order valence-electron chi connectivity index (χ3n) is 5.21. The van der Waals surface area contributed by atoms with Crippen LogP contribution < -0.4 is 5.32 Å². The molecule has 0 saturated carbocycles. The summed E-state index contributed by atoms with van der Waals surface area (Å²) in [5.41, 5.74) is 1.60.